The maximum absolute atomic E-state index is 9.07. The van der Waals surface area contributed by atoms with Crippen LogP contribution < -0.4 is 5.32 Å². The standard InChI is InChI=1S/C14H30N2O/c1-3-15-13(10-11-17)12-16(2)14-8-6-4-5-7-9-14/h13-15,17H,3-12H2,1-2H3. The second kappa shape index (κ2) is 8.90. The maximum atomic E-state index is 9.07. The van der Waals surface area contributed by atoms with Gasteiger partial charge in [0.15, 0.2) is 0 Å². The summed E-state index contributed by atoms with van der Waals surface area (Å²) in [6.07, 6.45) is 9.19. The molecule has 0 heterocycles. The summed E-state index contributed by atoms with van der Waals surface area (Å²) in [5.41, 5.74) is 0. The van der Waals surface area contributed by atoms with E-state index in [-0.39, 0.29) is 6.61 Å². The zero-order chi connectivity index (χ0) is 12.5. The third kappa shape index (κ3) is 5.84. The Morgan fingerprint density at radius 2 is 1.88 bits per heavy atom. The summed E-state index contributed by atoms with van der Waals surface area (Å²) >= 11 is 0. The van der Waals surface area contributed by atoms with Crippen molar-refractivity contribution in [3.05, 3.63) is 0 Å². The normalized spacial score (nSPS) is 20.5. The van der Waals surface area contributed by atoms with Gasteiger partial charge in [-0.25, -0.2) is 0 Å². The van der Waals surface area contributed by atoms with Crippen LogP contribution in [-0.4, -0.2) is 48.8 Å². The number of aliphatic hydroxyl groups excluding tert-OH is 1. The molecule has 1 saturated carbocycles. The van der Waals surface area contributed by atoms with Crippen LogP contribution in [0.3, 0.4) is 0 Å². The molecule has 0 aromatic rings. The molecule has 0 spiro atoms. The van der Waals surface area contributed by atoms with Crippen molar-refractivity contribution >= 4 is 0 Å². The average molecular weight is 242 g/mol. The molecule has 0 saturated heterocycles. The highest BCUT2D eigenvalue weighted by Crippen LogP contribution is 2.21. The summed E-state index contributed by atoms with van der Waals surface area (Å²) in [7, 11) is 2.25. The minimum absolute atomic E-state index is 0.288. The van der Waals surface area contributed by atoms with Crippen molar-refractivity contribution in [2.24, 2.45) is 0 Å². The average Bonchev–Trinajstić information content (AvgIpc) is 2.58. The molecule has 3 heteroatoms. The Morgan fingerprint density at radius 1 is 1.24 bits per heavy atom. The molecule has 1 aliphatic carbocycles. The first kappa shape index (κ1) is 14.9. The second-order valence-corrected chi connectivity index (χ2v) is 5.35. The summed E-state index contributed by atoms with van der Waals surface area (Å²) < 4.78 is 0. The van der Waals surface area contributed by atoms with E-state index in [1.165, 1.54) is 38.5 Å². The van der Waals surface area contributed by atoms with Crippen LogP contribution in [0, 0.1) is 0 Å². The Labute approximate surface area is 107 Å². The molecule has 102 valence electrons. The molecule has 0 amide bonds. The number of hydrogen-bond donors (Lipinski definition) is 2. The number of aliphatic hydroxyl groups is 1. The molecule has 0 aliphatic heterocycles. The lowest BCUT2D eigenvalue weighted by atomic mass is 10.1. The second-order valence-electron chi connectivity index (χ2n) is 5.35. The van der Waals surface area contributed by atoms with Crippen molar-refractivity contribution in [2.45, 2.75) is 64.0 Å². The van der Waals surface area contributed by atoms with Gasteiger partial charge in [0, 0.05) is 25.2 Å². The van der Waals surface area contributed by atoms with Gasteiger partial charge in [-0.3, -0.25) is 0 Å². The lowest BCUT2D eigenvalue weighted by molar-refractivity contribution is 0.180. The van der Waals surface area contributed by atoms with E-state index in [2.05, 4.69) is 24.2 Å². The number of nitrogens with one attached hydrogen (secondary N) is 1. The lowest BCUT2D eigenvalue weighted by Gasteiger charge is -2.31. The highest BCUT2D eigenvalue weighted by Gasteiger charge is 2.19. The van der Waals surface area contributed by atoms with Gasteiger partial charge >= 0.3 is 0 Å². The van der Waals surface area contributed by atoms with Gasteiger partial charge in [-0.2, -0.15) is 0 Å². The van der Waals surface area contributed by atoms with Gasteiger partial charge in [0.1, 0.15) is 0 Å². The number of rotatable bonds is 7. The van der Waals surface area contributed by atoms with Crippen LogP contribution in [0.4, 0.5) is 0 Å². The van der Waals surface area contributed by atoms with Crippen molar-refractivity contribution in [2.75, 3.05) is 26.7 Å². The minimum atomic E-state index is 0.288. The van der Waals surface area contributed by atoms with Crippen LogP contribution in [-0.2, 0) is 0 Å². The smallest absolute Gasteiger partial charge is 0.0446 e. The van der Waals surface area contributed by atoms with Crippen molar-refractivity contribution in [3.63, 3.8) is 0 Å². The first-order chi connectivity index (χ1) is 8.27. The summed E-state index contributed by atoms with van der Waals surface area (Å²) in [6, 6.07) is 1.20. The number of nitrogens with zero attached hydrogens (tertiary/aromatic N) is 1. The van der Waals surface area contributed by atoms with Gasteiger partial charge in [-0.05, 0) is 32.9 Å². The SMILES string of the molecule is CCNC(CCO)CN(C)C1CCCCCC1. The van der Waals surface area contributed by atoms with Gasteiger partial charge in [0.2, 0.25) is 0 Å². The predicted octanol–water partition coefficient (Wildman–Crippen LogP) is 2.00. The largest absolute Gasteiger partial charge is 0.396 e. The van der Waals surface area contributed by atoms with E-state index in [1.54, 1.807) is 0 Å². The van der Waals surface area contributed by atoms with E-state index in [9.17, 15) is 0 Å². The highest BCUT2D eigenvalue weighted by atomic mass is 16.3. The molecule has 1 atom stereocenters. The molecular formula is C14H30N2O. The highest BCUT2D eigenvalue weighted by molar-refractivity contribution is 4.77. The molecule has 0 bridgehead atoms. The Balaban J connectivity index is 2.35. The topological polar surface area (TPSA) is 35.5 Å². The third-order valence-electron chi connectivity index (χ3n) is 3.93. The molecule has 0 aromatic heterocycles. The van der Waals surface area contributed by atoms with Crippen molar-refractivity contribution in [3.8, 4) is 0 Å². The molecule has 3 nitrogen and oxygen atoms in total. The lowest BCUT2D eigenvalue weighted by Crippen LogP contribution is -2.44. The summed E-state index contributed by atoms with van der Waals surface area (Å²) in [5, 5.41) is 12.5. The van der Waals surface area contributed by atoms with Crippen LogP contribution in [0.5, 0.6) is 0 Å². The monoisotopic (exact) mass is 242 g/mol. The first-order valence-corrected chi connectivity index (χ1v) is 7.32. The molecule has 0 aromatic carbocycles. The Morgan fingerprint density at radius 3 is 2.41 bits per heavy atom. The minimum Gasteiger partial charge on any atom is -0.396 e. The number of likely N-dealkylation sites (N-methyl/N-ethyl adjacent to an activating group) is 2. The van der Waals surface area contributed by atoms with Crippen LogP contribution in [0.15, 0.2) is 0 Å². The van der Waals surface area contributed by atoms with E-state index >= 15 is 0 Å². The van der Waals surface area contributed by atoms with Gasteiger partial charge in [-0.1, -0.05) is 32.6 Å². The maximum Gasteiger partial charge on any atom is 0.0446 e. The van der Waals surface area contributed by atoms with E-state index in [0.717, 1.165) is 25.6 Å². The fourth-order valence-corrected chi connectivity index (χ4v) is 2.90. The van der Waals surface area contributed by atoms with Gasteiger partial charge < -0.3 is 15.3 Å². The Hall–Kier alpha value is -0.120. The summed E-state index contributed by atoms with van der Waals surface area (Å²) in [5.74, 6) is 0. The van der Waals surface area contributed by atoms with E-state index in [1.807, 2.05) is 0 Å². The van der Waals surface area contributed by atoms with Gasteiger partial charge in [0.05, 0.1) is 0 Å². The molecule has 17 heavy (non-hydrogen) atoms. The van der Waals surface area contributed by atoms with Crippen LogP contribution in [0.2, 0.25) is 0 Å². The quantitative estimate of drug-likeness (QED) is 0.670. The molecule has 1 unspecified atom stereocenters. The fourth-order valence-electron chi connectivity index (χ4n) is 2.90. The molecule has 1 aliphatic rings. The molecule has 1 fully saturated rings. The fraction of sp³-hybridized carbons (Fsp3) is 1.00. The zero-order valence-electron chi connectivity index (χ0n) is 11.6. The van der Waals surface area contributed by atoms with Gasteiger partial charge in [-0.15, -0.1) is 0 Å². The Bertz CT molecular complexity index is 173. The third-order valence-corrected chi connectivity index (χ3v) is 3.93. The van der Waals surface area contributed by atoms with E-state index in [0.29, 0.717) is 6.04 Å². The molecular weight excluding hydrogens is 212 g/mol. The Kier molecular flexibility index (Phi) is 7.82. The molecule has 0 radical (unpaired) electrons. The molecule has 1 rings (SSSR count). The molecule has 2 N–H and O–H groups in total. The van der Waals surface area contributed by atoms with E-state index in [4.69, 9.17) is 5.11 Å². The van der Waals surface area contributed by atoms with Crippen LogP contribution >= 0.6 is 0 Å². The van der Waals surface area contributed by atoms with Gasteiger partial charge in [0.25, 0.3) is 0 Å². The van der Waals surface area contributed by atoms with Crippen molar-refractivity contribution in [1.82, 2.24) is 10.2 Å². The summed E-state index contributed by atoms with van der Waals surface area (Å²) in [4.78, 5) is 2.51. The zero-order valence-corrected chi connectivity index (χ0v) is 11.6. The number of hydrogen-bond acceptors (Lipinski definition) is 3. The van der Waals surface area contributed by atoms with E-state index < -0.39 is 0 Å². The predicted molar refractivity (Wildman–Crippen MR) is 73.3 cm³/mol. The van der Waals surface area contributed by atoms with Crippen LogP contribution in [0.25, 0.3) is 0 Å². The first-order valence-electron chi connectivity index (χ1n) is 7.32. The van der Waals surface area contributed by atoms with Crippen molar-refractivity contribution in [1.29, 1.82) is 0 Å². The summed E-state index contributed by atoms with van der Waals surface area (Å²) in [6.45, 7) is 4.48. The van der Waals surface area contributed by atoms with Crippen LogP contribution in [0.1, 0.15) is 51.9 Å². The van der Waals surface area contributed by atoms with Crippen molar-refractivity contribution < 1.29 is 5.11 Å².